The van der Waals surface area contributed by atoms with Gasteiger partial charge in [-0.1, -0.05) is 0 Å². The molecule has 0 amide bonds. The minimum atomic E-state index is -3.35. The molecule has 184 valence electrons. The van der Waals surface area contributed by atoms with Crippen molar-refractivity contribution < 1.29 is 9.85 Å². The van der Waals surface area contributed by atoms with E-state index >= 15 is 0 Å². The number of halogens is 1. The fraction of sp³-hybridized carbons (Fsp3) is 0.143. The molecule has 0 spiro atoms. The van der Waals surface area contributed by atoms with E-state index in [4.69, 9.17) is 0 Å². The van der Waals surface area contributed by atoms with E-state index < -0.39 is 14.1 Å². The molecule has 0 fully saturated rings. The predicted molar refractivity (Wildman–Crippen MR) is 157 cm³/mol. The summed E-state index contributed by atoms with van der Waals surface area (Å²) in [6, 6.07) is 29.2. The fourth-order valence-corrected chi connectivity index (χ4v) is 13.3. The van der Waals surface area contributed by atoms with Gasteiger partial charge in [-0.3, -0.25) is 0 Å². The van der Waals surface area contributed by atoms with Crippen molar-refractivity contribution >= 4 is 53.6 Å². The van der Waals surface area contributed by atoms with Gasteiger partial charge in [-0.05, 0) is 0 Å². The molecule has 36 heavy (non-hydrogen) atoms. The molecule has 0 heterocycles. The molecule has 0 saturated heterocycles. The quantitative estimate of drug-likeness (QED) is 0.0994. The Morgan fingerprint density at radius 3 is 1.19 bits per heavy atom. The summed E-state index contributed by atoms with van der Waals surface area (Å²) in [5, 5.41) is 26.7. The van der Waals surface area contributed by atoms with E-state index in [0.29, 0.717) is 11.7 Å². The molecule has 0 aromatic heterocycles. The summed E-state index contributed by atoms with van der Waals surface area (Å²) in [7, 11) is 0. The van der Waals surface area contributed by atoms with Gasteiger partial charge in [0.05, 0.1) is 0 Å². The predicted octanol–water partition coefficient (Wildman–Crippen LogP) is 6.81. The third kappa shape index (κ3) is 4.65. The summed E-state index contributed by atoms with van der Waals surface area (Å²) in [6.45, 7) is 6.11. The standard InChI is InChI=1S/C28H26IN2O4P/c1-20-4-10-26(11-5-20)36(29,27-12-6-21(2)7-13-27,28-14-8-22(3)9-15-28)19-23-16-24(30(32)33)18-25(17-23)31(34)35/h4-18H,19H2,1-3H3. The summed E-state index contributed by atoms with van der Waals surface area (Å²) in [5.74, 6) is 0. The first-order valence-electron chi connectivity index (χ1n) is 11.4. The Morgan fingerprint density at radius 2 is 0.917 bits per heavy atom. The number of benzene rings is 4. The van der Waals surface area contributed by atoms with Crippen molar-refractivity contribution in [2.24, 2.45) is 0 Å². The van der Waals surface area contributed by atoms with Crippen LogP contribution in [0, 0.1) is 41.0 Å². The molecular weight excluding hydrogens is 586 g/mol. The average Bonchev–Trinajstić information content (AvgIpc) is 2.85. The van der Waals surface area contributed by atoms with Crippen LogP contribution in [0.5, 0.6) is 0 Å². The number of aryl methyl sites for hydroxylation is 3. The van der Waals surface area contributed by atoms with Crippen molar-refractivity contribution in [3.8, 4) is 0 Å². The van der Waals surface area contributed by atoms with E-state index in [1.54, 1.807) is 0 Å². The molecule has 0 saturated carbocycles. The third-order valence-electron chi connectivity index (χ3n) is 6.58. The molecule has 0 N–H and O–H groups in total. The van der Waals surface area contributed by atoms with Crippen molar-refractivity contribution in [1.29, 1.82) is 0 Å². The normalized spacial score (nSPS) is 12.5. The van der Waals surface area contributed by atoms with Gasteiger partial charge in [0.1, 0.15) is 0 Å². The molecule has 8 heteroatoms. The average molecular weight is 612 g/mol. The van der Waals surface area contributed by atoms with E-state index in [1.807, 2.05) is 20.8 Å². The topological polar surface area (TPSA) is 86.3 Å². The Labute approximate surface area is 223 Å². The van der Waals surface area contributed by atoms with Crippen LogP contribution in [0.15, 0.2) is 91.0 Å². The molecule has 4 aromatic carbocycles. The fourth-order valence-electron chi connectivity index (χ4n) is 4.59. The van der Waals surface area contributed by atoms with Gasteiger partial charge in [-0.15, -0.1) is 0 Å². The first-order chi connectivity index (χ1) is 17.0. The first kappa shape index (κ1) is 25.9. The van der Waals surface area contributed by atoms with Crippen molar-refractivity contribution in [1.82, 2.24) is 0 Å². The number of hydrogen-bond donors (Lipinski definition) is 0. The summed E-state index contributed by atoms with van der Waals surface area (Å²) in [6.07, 6.45) is 0.393. The molecule has 0 unspecified atom stereocenters. The number of rotatable bonds is 7. The van der Waals surface area contributed by atoms with Crippen LogP contribution in [0.25, 0.3) is 0 Å². The van der Waals surface area contributed by atoms with Crippen molar-refractivity contribution in [3.05, 3.63) is 133 Å². The second-order valence-corrected chi connectivity index (χ2v) is 19.8. The molecule has 6 nitrogen and oxygen atoms in total. The van der Waals surface area contributed by atoms with Gasteiger partial charge in [-0.25, -0.2) is 0 Å². The molecule has 0 atom stereocenters. The number of hydrogen-bond acceptors (Lipinski definition) is 4. The van der Waals surface area contributed by atoms with E-state index in [9.17, 15) is 20.2 Å². The van der Waals surface area contributed by atoms with Crippen LogP contribution in [-0.4, -0.2) is 9.85 Å². The van der Waals surface area contributed by atoms with Crippen LogP contribution in [0.1, 0.15) is 22.3 Å². The second-order valence-electron chi connectivity index (χ2n) is 9.22. The van der Waals surface area contributed by atoms with Gasteiger partial charge < -0.3 is 0 Å². The van der Waals surface area contributed by atoms with E-state index in [2.05, 4.69) is 94.8 Å². The molecule has 4 aromatic rings. The zero-order chi connectivity index (χ0) is 26.1. The molecule has 0 radical (unpaired) electrons. The maximum absolute atomic E-state index is 11.7. The molecule has 0 aliphatic rings. The third-order valence-corrected chi connectivity index (χ3v) is 17.7. The molecular formula is C28H26IN2O4P. The molecule has 4 rings (SSSR count). The van der Waals surface area contributed by atoms with Crippen LogP contribution in [0.2, 0.25) is 0 Å². The van der Waals surface area contributed by atoms with E-state index in [0.717, 1.165) is 38.7 Å². The summed E-state index contributed by atoms with van der Waals surface area (Å²) >= 11 is 2.59. The Morgan fingerprint density at radius 1 is 0.611 bits per heavy atom. The van der Waals surface area contributed by atoms with Crippen LogP contribution >= 0.6 is 26.3 Å². The van der Waals surface area contributed by atoms with E-state index in [-0.39, 0.29) is 11.4 Å². The molecule has 0 bridgehead atoms. The van der Waals surface area contributed by atoms with Crippen molar-refractivity contribution in [2.45, 2.75) is 26.9 Å². The SMILES string of the molecule is Cc1ccc(P(I)(Cc2cc([N+](=O)[O-])cc([N+](=O)[O-])c2)(c2ccc(C)cc2)c2ccc(C)cc2)cc1. The van der Waals surface area contributed by atoms with Crippen molar-refractivity contribution in [3.63, 3.8) is 0 Å². The monoisotopic (exact) mass is 612 g/mol. The van der Waals surface area contributed by atoms with Gasteiger partial charge in [0.2, 0.25) is 0 Å². The summed E-state index contributed by atoms with van der Waals surface area (Å²) in [4.78, 5) is 22.2. The zero-order valence-electron chi connectivity index (χ0n) is 20.2. The minimum absolute atomic E-state index is 0.280. The number of nitrogens with zero attached hydrogens (tertiary/aromatic N) is 2. The van der Waals surface area contributed by atoms with Gasteiger partial charge in [-0.2, -0.15) is 0 Å². The summed E-state index contributed by atoms with van der Waals surface area (Å²) < 4.78 is -3.35. The number of nitro benzene ring substituents is 2. The van der Waals surface area contributed by atoms with Crippen LogP contribution < -0.4 is 15.9 Å². The van der Waals surface area contributed by atoms with Crippen LogP contribution in [-0.2, 0) is 6.16 Å². The zero-order valence-corrected chi connectivity index (χ0v) is 23.3. The summed E-state index contributed by atoms with van der Waals surface area (Å²) in [5.41, 5.74) is 3.37. The number of nitro groups is 2. The van der Waals surface area contributed by atoms with Gasteiger partial charge in [0.25, 0.3) is 0 Å². The van der Waals surface area contributed by atoms with Gasteiger partial charge >= 0.3 is 224 Å². The van der Waals surface area contributed by atoms with Crippen molar-refractivity contribution in [2.75, 3.05) is 0 Å². The molecule has 0 aliphatic carbocycles. The van der Waals surface area contributed by atoms with Crippen LogP contribution in [0.4, 0.5) is 11.4 Å². The Balaban J connectivity index is 2.12. The van der Waals surface area contributed by atoms with E-state index in [1.165, 1.54) is 12.1 Å². The number of non-ortho nitro benzene ring substituents is 2. The Bertz CT molecular complexity index is 1310. The molecule has 0 aliphatic heterocycles. The van der Waals surface area contributed by atoms with Gasteiger partial charge in [0, 0.05) is 0 Å². The van der Waals surface area contributed by atoms with Crippen LogP contribution in [0.3, 0.4) is 0 Å². The second kappa shape index (κ2) is 9.71. The van der Waals surface area contributed by atoms with Gasteiger partial charge in [0.15, 0.2) is 0 Å². The maximum atomic E-state index is 11.7. The first-order valence-corrected chi connectivity index (χ1v) is 16.6. The Hall–Kier alpha value is -3.16. The Kier molecular flexibility index (Phi) is 6.99.